The van der Waals surface area contributed by atoms with Crippen molar-refractivity contribution in [3.05, 3.63) is 40.3 Å². The molecule has 1 heterocycles. The minimum atomic E-state index is -0.271. The van der Waals surface area contributed by atoms with E-state index in [4.69, 9.17) is 27.9 Å². The Morgan fingerprint density at radius 3 is 2.76 bits per heavy atom. The molecule has 2 rings (SSSR count). The van der Waals surface area contributed by atoms with E-state index in [-0.39, 0.29) is 22.0 Å². The number of carbonyl (C=O) groups excluding carboxylic acids is 1. The van der Waals surface area contributed by atoms with Crippen LogP contribution in [0.4, 0.5) is 11.5 Å². The van der Waals surface area contributed by atoms with Gasteiger partial charge in [0.15, 0.2) is 5.82 Å². The predicted molar refractivity (Wildman–Crippen MR) is 81.7 cm³/mol. The molecule has 0 aliphatic carbocycles. The van der Waals surface area contributed by atoms with Gasteiger partial charge in [0.25, 0.3) is 5.91 Å². The molecule has 0 aliphatic rings. The van der Waals surface area contributed by atoms with Gasteiger partial charge in [0, 0.05) is 7.05 Å². The van der Waals surface area contributed by atoms with E-state index in [1.165, 1.54) is 13.3 Å². The Morgan fingerprint density at radius 2 is 2.10 bits per heavy atom. The summed E-state index contributed by atoms with van der Waals surface area (Å²) < 4.78 is 5.26. The van der Waals surface area contributed by atoms with Gasteiger partial charge in [-0.25, -0.2) is 4.98 Å². The van der Waals surface area contributed by atoms with Gasteiger partial charge in [0.05, 0.1) is 24.6 Å². The maximum absolute atomic E-state index is 11.9. The Hall–Kier alpha value is -2.05. The lowest BCUT2D eigenvalue weighted by Crippen LogP contribution is -2.19. The molecule has 0 saturated heterocycles. The van der Waals surface area contributed by atoms with Crippen LogP contribution in [0.2, 0.25) is 10.3 Å². The third kappa shape index (κ3) is 3.34. The van der Waals surface area contributed by atoms with Crippen molar-refractivity contribution in [2.45, 2.75) is 0 Å². The standard InChI is InChI=1S/C13H12Cl2N4O2/c1-16-12(20)7-4-3-5-9(21-2)10(7)18-11-8(14)6-17-13(15)19-11/h3-6H,1-2H3,(H,16,20)(H,17,18,19). The van der Waals surface area contributed by atoms with Crippen LogP contribution >= 0.6 is 23.2 Å². The summed E-state index contributed by atoms with van der Waals surface area (Å²) in [7, 11) is 3.04. The van der Waals surface area contributed by atoms with Gasteiger partial charge in [-0.3, -0.25) is 4.79 Å². The van der Waals surface area contributed by atoms with Gasteiger partial charge in [-0.2, -0.15) is 4.98 Å². The lowest BCUT2D eigenvalue weighted by atomic mass is 10.1. The molecule has 2 aromatic rings. The molecule has 0 spiro atoms. The first kappa shape index (κ1) is 15.3. The van der Waals surface area contributed by atoms with E-state index in [0.29, 0.717) is 17.0 Å². The summed E-state index contributed by atoms with van der Waals surface area (Å²) in [6, 6.07) is 5.08. The van der Waals surface area contributed by atoms with Crippen molar-refractivity contribution in [1.82, 2.24) is 15.3 Å². The molecule has 6 nitrogen and oxygen atoms in total. The monoisotopic (exact) mass is 326 g/mol. The fourth-order valence-electron chi connectivity index (χ4n) is 1.71. The summed E-state index contributed by atoms with van der Waals surface area (Å²) in [6.45, 7) is 0. The van der Waals surface area contributed by atoms with Crippen molar-refractivity contribution in [1.29, 1.82) is 0 Å². The molecular weight excluding hydrogens is 315 g/mol. The summed E-state index contributed by atoms with van der Waals surface area (Å²) in [5, 5.41) is 5.83. The highest BCUT2D eigenvalue weighted by Crippen LogP contribution is 2.33. The molecular formula is C13H12Cl2N4O2. The van der Waals surface area contributed by atoms with Gasteiger partial charge in [0.2, 0.25) is 5.28 Å². The third-order valence-corrected chi connectivity index (χ3v) is 3.13. The van der Waals surface area contributed by atoms with Crippen LogP contribution in [-0.2, 0) is 0 Å². The van der Waals surface area contributed by atoms with Crippen molar-refractivity contribution in [3.63, 3.8) is 0 Å². The largest absolute Gasteiger partial charge is 0.495 e. The zero-order valence-corrected chi connectivity index (χ0v) is 12.8. The number of para-hydroxylation sites is 1. The second-order valence-corrected chi connectivity index (χ2v) is 4.67. The molecule has 8 heteroatoms. The van der Waals surface area contributed by atoms with Crippen molar-refractivity contribution in [2.75, 3.05) is 19.5 Å². The topological polar surface area (TPSA) is 76.1 Å². The number of hydrogen-bond acceptors (Lipinski definition) is 5. The van der Waals surface area contributed by atoms with Crippen molar-refractivity contribution in [2.24, 2.45) is 0 Å². The maximum atomic E-state index is 11.9. The average Bonchev–Trinajstić information content (AvgIpc) is 2.50. The maximum Gasteiger partial charge on any atom is 0.253 e. The number of hydrogen-bond donors (Lipinski definition) is 2. The minimum Gasteiger partial charge on any atom is -0.495 e. The van der Waals surface area contributed by atoms with Crippen molar-refractivity contribution in [3.8, 4) is 5.75 Å². The lowest BCUT2D eigenvalue weighted by molar-refractivity contribution is 0.0963. The molecule has 0 fully saturated rings. The summed E-state index contributed by atoms with van der Waals surface area (Å²) in [5.74, 6) is 0.487. The number of nitrogens with zero attached hydrogens (tertiary/aromatic N) is 2. The van der Waals surface area contributed by atoms with Gasteiger partial charge in [-0.1, -0.05) is 17.7 Å². The summed E-state index contributed by atoms with van der Waals surface area (Å²) in [6.07, 6.45) is 1.37. The Labute approximate surface area is 131 Å². The van der Waals surface area contributed by atoms with Gasteiger partial charge >= 0.3 is 0 Å². The molecule has 110 valence electrons. The van der Waals surface area contributed by atoms with Crippen LogP contribution in [0, 0.1) is 0 Å². The number of benzene rings is 1. The number of anilines is 2. The van der Waals surface area contributed by atoms with E-state index in [0.717, 1.165) is 0 Å². The van der Waals surface area contributed by atoms with E-state index >= 15 is 0 Å². The van der Waals surface area contributed by atoms with Crippen LogP contribution in [0.1, 0.15) is 10.4 Å². The number of methoxy groups -OCH3 is 1. The van der Waals surface area contributed by atoms with Gasteiger partial charge in [-0.15, -0.1) is 0 Å². The van der Waals surface area contributed by atoms with E-state index in [9.17, 15) is 4.79 Å². The lowest BCUT2D eigenvalue weighted by Gasteiger charge is -2.15. The number of rotatable bonds is 4. The molecule has 0 atom stereocenters. The van der Waals surface area contributed by atoms with Crippen LogP contribution in [0.5, 0.6) is 5.75 Å². The van der Waals surface area contributed by atoms with Gasteiger partial charge < -0.3 is 15.4 Å². The quantitative estimate of drug-likeness (QED) is 0.845. The van der Waals surface area contributed by atoms with E-state index in [1.807, 2.05) is 0 Å². The number of nitrogens with one attached hydrogen (secondary N) is 2. The molecule has 21 heavy (non-hydrogen) atoms. The molecule has 0 radical (unpaired) electrons. The number of ether oxygens (including phenoxy) is 1. The smallest absolute Gasteiger partial charge is 0.253 e. The van der Waals surface area contributed by atoms with E-state index < -0.39 is 0 Å². The van der Waals surface area contributed by atoms with Crippen LogP contribution in [0.3, 0.4) is 0 Å². The zero-order chi connectivity index (χ0) is 15.4. The third-order valence-electron chi connectivity index (χ3n) is 2.68. The highest BCUT2D eigenvalue weighted by molar-refractivity contribution is 6.33. The molecule has 0 saturated carbocycles. The van der Waals surface area contributed by atoms with Gasteiger partial charge in [-0.05, 0) is 23.7 Å². The molecule has 0 bridgehead atoms. The first-order valence-corrected chi connectivity index (χ1v) is 6.66. The molecule has 2 N–H and O–H groups in total. The summed E-state index contributed by atoms with van der Waals surface area (Å²) in [4.78, 5) is 19.7. The molecule has 1 aromatic carbocycles. The number of halogens is 2. The highest BCUT2D eigenvalue weighted by atomic mass is 35.5. The highest BCUT2D eigenvalue weighted by Gasteiger charge is 2.16. The van der Waals surface area contributed by atoms with Crippen LogP contribution in [0.15, 0.2) is 24.4 Å². The number of aromatic nitrogens is 2. The van der Waals surface area contributed by atoms with Crippen LogP contribution < -0.4 is 15.4 Å². The van der Waals surface area contributed by atoms with E-state index in [2.05, 4.69) is 20.6 Å². The SMILES string of the molecule is CNC(=O)c1cccc(OC)c1Nc1nc(Cl)ncc1Cl. The van der Waals surface area contributed by atoms with Crippen LogP contribution in [-0.4, -0.2) is 30.0 Å². The fourth-order valence-corrected chi connectivity index (χ4v) is 1.98. The average molecular weight is 327 g/mol. The van der Waals surface area contributed by atoms with Crippen molar-refractivity contribution < 1.29 is 9.53 Å². The second kappa shape index (κ2) is 6.60. The Kier molecular flexibility index (Phi) is 4.82. The molecule has 0 aliphatic heterocycles. The molecule has 0 unspecified atom stereocenters. The fraction of sp³-hybridized carbons (Fsp3) is 0.154. The summed E-state index contributed by atoms with van der Waals surface area (Å²) >= 11 is 11.8. The predicted octanol–water partition coefficient (Wildman–Crippen LogP) is 2.90. The summed E-state index contributed by atoms with van der Waals surface area (Å²) in [5.41, 5.74) is 0.832. The first-order valence-electron chi connectivity index (χ1n) is 5.91. The van der Waals surface area contributed by atoms with Crippen molar-refractivity contribution >= 4 is 40.6 Å². The number of carbonyl (C=O) groups is 1. The molecule has 1 amide bonds. The minimum absolute atomic E-state index is 0.0401. The van der Waals surface area contributed by atoms with Gasteiger partial charge in [0.1, 0.15) is 10.8 Å². The Morgan fingerprint density at radius 1 is 1.33 bits per heavy atom. The zero-order valence-electron chi connectivity index (χ0n) is 11.3. The van der Waals surface area contributed by atoms with Crippen LogP contribution in [0.25, 0.3) is 0 Å². The number of amides is 1. The molecule has 1 aromatic heterocycles. The second-order valence-electron chi connectivity index (χ2n) is 3.92. The first-order chi connectivity index (χ1) is 10.1. The normalized spacial score (nSPS) is 10.1. The Bertz CT molecular complexity index is 679. The Balaban J connectivity index is 2.51. The van der Waals surface area contributed by atoms with E-state index in [1.54, 1.807) is 25.2 Å².